The molecule has 0 amide bonds. The molecule has 0 bridgehead atoms. The van der Waals surface area contributed by atoms with Gasteiger partial charge in [-0.3, -0.25) is 10.1 Å². The van der Waals surface area contributed by atoms with Crippen LogP contribution in [0.2, 0.25) is 0 Å². The lowest BCUT2D eigenvalue weighted by molar-refractivity contribution is -0.384. The zero-order valence-electron chi connectivity index (χ0n) is 16.0. The second-order valence-corrected chi connectivity index (χ2v) is 7.64. The number of non-ortho nitro benzene ring substituents is 1. The highest BCUT2D eigenvalue weighted by molar-refractivity contribution is 7.19. The molecule has 30 heavy (non-hydrogen) atoms. The van der Waals surface area contributed by atoms with Gasteiger partial charge in [0.05, 0.1) is 15.5 Å². The molecule has 1 heterocycles. The van der Waals surface area contributed by atoms with Crippen LogP contribution in [0.3, 0.4) is 0 Å². The molecule has 3 aromatic carbocycles. The van der Waals surface area contributed by atoms with Crippen LogP contribution in [0.1, 0.15) is 11.1 Å². The smallest absolute Gasteiger partial charge is 0.269 e. The molecule has 0 aliphatic carbocycles. The SMILES string of the molecule is Cc1ccc(-c2nc(/N=C/c3ccccc3O)sc2-c2ccc([N+](=O)[O-])cc2)cc1. The van der Waals surface area contributed by atoms with E-state index >= 15 is 0 Å². The van der Waals surface area contributed by atoms with Gasteiger partial charge < -0.3 is 5.11 Å². The summed E-state index contributed by atoms with van der Waals surface area (Å²) >= 11 is 1.39. The van der Waals surface area contributed by atoms with Gasteiger partial charge in [-0.15, -0.1) is 0 Å². The Hall–Kier alpha value is -3.84. The summed E-state index contributed by atoms with van der Waals surface area (Å²) in [5.41, 5.74) is 4.31. The third kappa shape index (κ3) is 4.11. The molecule has 4 rings (SSSR count). The van der Waals surface area contributed by atoms with Gasteiger partial charge in [0.25, 0.3) is 5.69 Å². The summed E-state index contributed by atoms with van der Waals surface area (Å²) in [6.45, 7) is 2.02. The predicted molar refractivity (Wildman–Crippen MR) is 120 cm³/mol. The summed E-state index contributed by atoms with van der Waals surface area (Å²) in [5, 5.41) is 21.4. The van der Waals surface area contributed by atoms with Gasteiger partial charge in [-0.25, -0.2) is 9.98 Å². The number of nitro groups is 1. The maximum absolute atomic E-state index is 11.0. The van der Waals surface area contributed by atoms with Gasteiger partial charge >= 0.3 is 0 Å². The number of hydrogen-bond acceptors (Lipinski definition) is 6. The van der Waals surface area contributed by atoms with Gasteiger partial charge in [0.15, 0.2) is 0 Å². The highest BCUT2D eigenvalue weighted by atomic mass is 32.1. The molecule has 0 aliphatic rings. The van der Waals surface area contributed by atoms with E-state index in [2.05, 4.69) is 4.99 Å². The Morgan fingerprint density at radius 3 is 2.33 bits per heavy atom. The van der Waals surface area contributed by atoms with Gasteiger partial charge in [0.1, 0.15) is 5.75 Å². The molecule has 0 aliphatic heterocycles. The summed E-state index contributed by atoms with van der Waals surface area (Å²) < 4.78 is 0. The Morgan fingerprint density at radius 2 is 1.67 bits per heavy atom. The van der Waals surface area contributed by atoms with E-state index in [4.69, 9.17) is 4.98 Å². The van der Waals surface area contributed by atoms with Crippen molar-refractivity contribution in [2.45, 2.75) is 6.92 Å². The van der Waals surface area contributed by atoms with E-state index < -0.39 is 4.92 Å². The van der Waals surface area contributed by atoms with Crippen LogP contribution in [0, 0.1) is 17.0 Å². The van der Waals surface area contributed by atoms with E-state index in [0.29, 0.717) is 10.7 Å². The number of rotatable bonds is 5. The molecule has 0 radical (unpaired) electrons. The van der Waals surface area contributed by atoms with Crippen molar-refractivity contribution in [3.8, 4) is 27.4 Å². The molecule has 0 saturated heterocycles. The summed E-state index contributed by atoms with van der Waals surface area (Å²) in [4.78, 5) is 20.6. The van der Waals surface area contributed by atoms with Crippen molar-refractivity contribution >= 4 is 28.4 Å². The fourth-order valence-electron chi connectivity index (χ4n) is 2.92. The molecule has 148 valence electrons. The summed E-state index contributed by atoms with van der Waals surface area (Å²) in [6, 6.07) is 21.4. The third-order valence-electron chi connectivity index (χ3n) is 4.53. The van der Waals surface area contributed by atoms with Gasteiger partial charge in [-0.05, 0) is 36.8 Å². The number of aromatic nitrogens is 1. The molecule has 7 heteroatoms. The van der Waals surface area contributed by atoms with Crippen molar-refractivity contribution in [2.75, 3.05) is 0 Å². The highest BCUT2D eigenvalue weighted by Gasteiger charge is 2.16. The minimum Gasteiger partial charge on any atom is -0.507 e. The average Bonchev–Trinajstić information content (AvgIpc) is 3.18. The third-order valence-corrected chi connectivity index (χ3v) is 5.54. The van der Waals surface area contributed by atoms with Crippen LogP contribution in [0.15, 0.2) is 77.8 Å². The van der Waals surface area contributed by atoms with Gasteiger partial charge in [-0.2, -0.15) is 0 Å². The van der Waals surface area contributed by atoms with Crippen LogP contribution in [0.4, 0.5) is 10.8 Å². The summed E-state index contributed by atoms with van der Waals surface area (Å²) in [7, 11) is 0. The van der Waals surface area contributed by atoms with E-state index in [1.165, 1.54) is 23.5 Å². The van der Waals surface area contributed by atoms with E-state index in [1.54, 1.807) is 36.5 Å². The fraction of sp³-hybridized carbons (Fsp3) is 0.0435. The first-order valence-corrected chi connectivity index (χ1v) is 9.97. The Labute approximate surface area is 177 Å². The zero-order chi connectivity index (χ0) is 21.1. The van der Waals surface area contributed by atoms with Gasteiger partial charge in [0, 0.05) is 29.5 Å². The number of aromatic hydroxyl groups is 1. The van der Waals surface area contributed by atoms with E-state index in [9.17, 15) is 15.2 Å². The first-order chi connectivity index (χ1) is 14.5. The van der Waals surface area contributed by atoms with E-state index in [1.807, 2.05) is 37.3 Å². The maximum Gasteiger partial charge on any atom is 0.269 e. The van der Waals surface area contributed by atoms with Crippen LogP contribution in [-0.4, -0.2) is 21.2 Å². The lowest BCUT2D eigenvalue weighted by Gasteiger charge is -2.03. The van der Waals surface area contributed by atoms with Crippen molar-refractivity contribution in [3.05, 3.63) is 94.0 Å². The molecule has 1 aromatic heterocycles. The van der Waals surface area contributed by atoms with E-state index in [0.717, 1.165) is 27.3 Å². The second kappa shape index (κ2) is 8.26. The van der Waals surface area contributed by atoms with Crippen LogP contribution < -0.4 is 0 Å². The number of aliphatic imine (C=N–C) groups is 1. The van der Waals surface area contributed by atoms with Crippen molar-refractivity contribution in [2.24, 2.45) is 4.99 Å². The zero-order valence-corrected chi connectivity index (χ0v) is 16.8. The number of nitro benzene ring substituents is 1. The predicted octanol–water partition coefficient (Wildman–Crippen LogP) is 6.15. The van der Waals surface area contributed by atoms with E-state index in [-0.39, 0.29) is 11.4 Å². The molecular formula is C23H17N3O3S. The van der Waals surface area contributed by atoms with Crippen molar-refractivity contribution < 1.29 is 10.0 Å². The van der Waals surface area contributed by atoms with Gasteiger partial charge in [-0.1, -0.05) is 53.3 Å². The molecule has 0 unspecified atom stereocenters. The first-order valence-electron chi connectivity index (χ1n) is 9.16. The first kappa shape index (κ1) is 19.5. The number of nitrogens with zero attached hydrogens (tertiary/aromatic N) is 3. The van der Waals surface area contributed by atoms with Crippen LogP contribution in [0.25, 0.3) is 21.7 Å². The topological polar surface area (TPSA) is 88.6 Å². The molecule has 4 aromatic rings. The summed E-state index contributed by atoms with van der Waals surface area (Å²) in [6.07, 6.45) is 1.58. The maximum atomic E-state index is 11.0. The molecule has 0 saturated carbocycles. The van der Waals surface area contributed by atoms with Crippen LogP contribution in [-0.2, 0) is 0 Å². The molecule has 0 atom stereocenters. The van der Waals surface area contributed by atoms with Crippen LogP contribution >= 0.6 is 11.3 Å². The number of aryl methyl sites for hydroxylation is 1. The number of phenolic OH excluding ortho intramolecular Hbond substituents is 1. The number of para-hydroxylation sites is 1. The van der Waals surface area contributed by atoms with Gasteiger partial charge in [0.2, 0.25) is 5.13 Å². The lowest BCUT2D eigenvalue weighted by atomic mass is 10.1. The monoisotopic (exact) mass is 415 g/mol. The highest BCUT2D eigenvalue weighted by Crippen LogP contribution is 2.40. The lowest BCUT2D eigenvalue weighted by Crippen LogP contribution is -1.87. The Morgan fingerprint density at radius 1 is 1.00 bits per heavy atom. The van der Waals surface area contributed by atoms with Crippen molar-refractivity contribution in [1.82, 2.24) is 4.98 Å². The Bertz CT molecular complexity index is 1230. The fourth-order valence-corrected chi connectivity index (χ4v) is 3.86. The molecule has 0 spiro atoms. The molecule has 1 N–H and O–H groups in total. The Kier molecular flexibility index (Phi) is 5.36. The Balaban J connectivity index is 1.78. The summed E-state index contributed by atoms with van der Waals surface area (Å²) in [5.74, 6) is 0.146. The molecule has 6 nitrogen and oxygen atoms in total. The number of hydrogen-bond donors (Lipinski definition) is 1. The molecular weight excluding hydrogens is 398 g/mol. The largest absolute Gasteiger partial charge is 0.507 e. The minimum absolute atomic E-state index is 0.0398. The normalized spacial score (nSPS) is 11.1. The average molecular weight is 415 g/mol. The number of thiazole rings is 1. The van der Waals surface area contributed by atoms with Crippen LogP contribution in [0.5, 0.6) is 5.75 Å². The number of phenols is 1. The molecule has 0 fully saturated rings. The van der Waals surface area contributed by atoms with Crippen molar-refractivity contribution in [3.63, 3.8) is 0 Å². The quantitative estimate of drug-likeness (QED) is 0.240. The number of benzene rings is 3. The second-order valence-electron chi connectivity index (χ2n) is 6.66. The minimum atomic E-state index is -0.417. The van der Waals surface area contributed by atoms with Crippen molar-refractivity contribution in [1.29, 1.82) is 0 Å². The standard InChI is InChI=1S/C23H17N3O3S/c1-15-6-8-16(9-7-15)21-22(17-10-12-19(13-11-17)26(28)29)30-23(25-21)24-14-18-4-2-3-5-20(18)27/h2-14,27H,1H3/b24-14+.